The molecule has 0 spiro atoms. The molecular formula is C62H92N2O6. The van der Waals surface area contributed by atoms with Crippen LogP contribution in [0.4, 0.5) is 0 Å². The Morgan fingerprint density at radius 2 is 0.671 bits per heavy atom. The molecule has 8 heteroatoms. The minimum Gasteiger partial charge on any atom is -0.494 e. The summed E-state index contributed by atoms with van der Waals surface area (Å²) in [6.45, 7) is 20.4. The van der Waals surface area contributed by atoms with Crippen molar-refractivity contribution in [1.82, 2.24) is 9.97 Å². The normalized spacial score (nSPS) is 11.6. The second kappa shape index (κ2) is 32.3. The average Bonchev–Trinajstić information content (AvgIpc) is 4.03. The lowest BCUT2D eigenvalue weighted by Crippen LogP contribution is -2.02. The number of unbranched alkanes of at least 4 members (excludes halogenated alkanes) is 20. The van der Waals surface area contributed by atoms with Crippen LogP contribution in [-0.4, -0.2) is 36.4 Å². The van der Waals surface area contributed by atoms with Crippen LogP contribution in [0.1, 0.15) is 233 Å². The molecule has 0 bridgehead atoms. The van der Waals surface area contributed by atoms with E-state index in [9.17, 15) is 0 Å². The molecule has 0 amide bonds. The summed E-state index contributed by atoms with van der Waals surface area (Å²) >= 11 is 0. The third kappa shape index (κ3) is 18.5. The molecule has 0 unspecified atom stereocenters. The third-order valence-electron chi connectivity index (χ3n) is 13.2. The molecule has 0 aliphatic carbocycles. The van der Waals surface area contributed by atoms with Gasteiger partial charge in [-0.2, -0.15) is 0 Å². The van der Waals surface area contributed by atoms with Gasteiger partial charge in [0, 0.05) is 11.1 Å². The molecule has 2 aromatic heterocycles. The number of hydrogen-bond donors (Lipinski definition) is 0. The number of benzene rings is 3. The van der Waals surface area contributed by atoms with Crippen LogP contribution in [0.5, 0.6) is 23.0 Å². The Morgan fingerprint density at radius 1 is 0.371 bits per heavy atom. The maximum atomic E-state index is 6.79. The monoisotopic (exact) mass is 961 g/mol. The summed E-state index contributed by atoms with van der Waals surface area (Å²) in [5, 5.41) is 0. The van der Waals surface area contributed by atoms with E-state index in [4.69, 9.17) is 37.7 Å². The van der Waals surface area contributed by atoms with Gasteiger partial charge in [-0.1, -0.05) is 184 Å². The quantitative estimate of drug-likeness (QED) is 0.0362. The number of oxazole rings is 2. The maximum absolute atomic E-state index is 6.79. The summed E-state index contributed by atoms with van der Waals surface area (Å²) in [6.07, 6.45) is 29.1. The number of hydrogen-bond acceptors (Lipinski definition) is 8. The minimum atomic E-state index is 0.116. The standard InChI is InChI=1S/C62H92N2O6/c1-9-13-17-21-25-29-41-65-51-37-39-55(67-43-31-27-23-19-15-11-3)53(45-51)59-57(47(5)6)63-61(69-59)49-33-35-50(36-34-49)62-64-58(48(7)8)60(70-62)54-46-52(66-42-30-26-22-18-14-10-2)38-40-56(54)68-44-32-28-24-20-16-12-4/h33-40,45-48H,9-32,41-44H2,1-8H3. The van der Waals surface area contributed by atoms with E-state index >= 15 is 0 Å². The summed E-state index contributed by atoms with van der Waals surface area (Å²) in [6, 6.07) is 20.5. The molecule has 0 fully saturated rings. The van der Waals surface area contributed by atoms with Crippen molar-refractivity contribution in [2.24, 2.45) is 0 Å². The van der Waals surface area contributed by atoms with Crippen LogP contribution in [0.15, 0.2) is 69.5 Å². The van der Waals surface area contributed by atoms with Gasteiger partial charge in [-0.25, -0.2) is 9.97 Å². The second-order valence-corrected chi connectivity index (χ2v) is 20.1. The average molecular weight is 961 g/mol. The summed E-state index contributed by atoms with van der Waals surface area (Å²) in [5.41, 5.74) is 5.29. The molecule has 0 atom stereocenters. The lowest BCUT2D eigenvalue weighted by molar-refractivity contribution is 0.296. The van der Waals surface area contributed by atoms with Crippen molar-refractivity contribution in [3.63, 3.8) is 0 Å². The Bertz CT molecular complexity index is 2010. The van der Waals surface area contributed by atoms with E-state index in [0.29, 0.717) is 38.2 Å². The predicted octanol–water partition coefficient (Wildman–Crippen LogP) is 19.5. The molecule has 0 aliphatic heterocycles. The zero-order chi connectivity index (χ0) is 49.8. The Kier molecular flexibility index (Phi) is 25.9. The molecule has 0 radical (unpaired) electrons. The highest BCUT2D eigenvalue weighted by atomic mass is 16.5. The summed E-state index contributed by atoms with van der Waals surface area (Å²) < 4.78 is 39.3. The van der Waals surface area contributed by atoms with Crippen molar-refractivity contribution in [1.29, 1.82) is 0 Å². The smallest absolute Gasteiger partial charge is 0.227 e. The number of rotatable bonds is 38. The number of aromatic nitrogens is 2. The van der Waals surface area contributed by atoms with Crippen LogP contribution in [0.2, 0.25) is 0 Å². The van der Waals surface area contributed by atoms with E-state index in [1.54, 1.807) is 0 Å². The Morgan fingerprint density at radius 3 is 0.986 bits per heavy atom. The molecule has 3 aromatic carbocycles. The van der Waals surface area contributed by atoms with Crippen LogP contribution in [0, 0.1) is 0 Å². The topological polar surface area (TPSA) is 89.0 Å². The van der Waals surface area contributed by atoms with Crippen LogP contribution in [-0.2, 0) is 0 Å². The van der Waals surface area contributed by atoms with Crippen LogP contribution in [0.3, 0.4) is 0 Å². The Hall–Kier alpha value is -4.72. The van der Waals surface area contributed by atoms with Gasteiger partial charge in [0.15, 0.2) is 11.5 Å². The molecule has 0 N–H and O–H groups in total. The van der Waals surface area contributed by atoms with Crippen molar-refractivity contribution in [3.05, 3.63) is 72.1 Å². The van der Waals surface area contributed by atoms with Crippen LogP contribution < -0.4 is 18.9 Å². The Labute approximate surface area is 424 Å². The zero-order valence-electron chi connectivity index (χ0n) is 45.1. The largest absolute Gasteiger partial charge is 0.494 e. The van der Waals surface area contributed by atoms with Gasteiger partial charge in [0.05, 0.1) is 48.9 Å². The van der Waals surface area contributed by atoms with E-state index in [0.717, 1.165) is 93.8 Å². The third-order valence-corrected chi connectivity index (χ3v) is 13.2. The van der Waals surface area contributed by atoms with Gasteiger partial charge in [-0.3, -0.25) is 0 Å². The van der Waals surface area contributed by atoms with Crippen molar-refractivity contribution in [2.75, 3.05) is 26.4 Å². The van der Waals surface area contributed by atoms with Gasteiger partial charge in [0.25, 0.3) is 0 Å². The highest BCUT2D eigenvalue weighted by molar-refractivity contribution is 5.74. The summed E-state index contributed by atoms with van der Waals surface area (Å²) in [7, 11) is 0. The fraction of sp³-hybridized carbons (Fsp3) is 0.613. The molecule has 0 saturated carbocycles. The maximum Gasteiger partial charge on any atom is 0.227 e. The van der Waals surface area contributed by atoms with Crippen molar-refractivity contribution >= 4 is 0 Å². The van der Waals surface area contributed by atoms with E-state index in [2.05, 4.69) is 91.8 Å². The number of nitrogens with zero attached hydrogens (tertiary/aromatic N) is 2. The van der Waals surface area contributed by atoms with Gasteiger partial charge in [-0.05, 0) is 98.2 Å². The highest BCUT2D eigenvalue weighted by Gasteiger charge is 2.25. The first-order chi connectivity index (χ1) is 34.3. The number of ether oxygens (including phenoxy) is 4. The molecule has 5 rings (SSSR count). The van der Waals surface area contributed by atoms with E-state index in [-0.39, 0.29) is 11.8 Å². The first-order valence-corrected chi connectivity index (χ1v) is 28.2. The summed E-state index contributed by atoms with van der Waals surface area (Å²) in [5.74, 6) is 6.05. The molecule has 0 saturated heterocycles. The highest BCUT2D eigenvalue weighted by Crippen LogP contribution is 2.43. The minimum absolute atomic E-state index is 0.116. The first-order valence-electron chi connectivity index (χ1n) is 28.2. The van der Waals surface area contributed by atoms with Crippen molar-refractivity contribution in [3.8, 4) is 68.6 Å². The van der Waals surface area contributed by atoms with E-state index < -0.39 is 0 Å². The van der Waals surface area contributed by atoms with Crippen molar-refractivity contribution in [2.45, 2.75) is 221 Å². The fourth-order valence-corrected chi connectivity index (χ4v) is 8.91. The molecule has 8 nitrogen and oxygen atoms in total. The lowest BCUT2D eigenvalue weighted by atomic mass is 10.0. The van der Waals surface area contributed by atoms with Crippen molar-refractivity contribution < 1.29 is 27.8 Å². The predicted molar refractivity (Wildman–Crippen MR) is 292 cm³/mol. The van der Waals surface area contributed by atoms with Gasteiger partial charge in [-0.15, -0.1) is 0 Å². The summed E-state index contributed by atoms with van der Waals surface area (Å²) in [4.78, 5) is 10.3. The molecule has 70 heavy (non-hydrogen) atoms. The first kappa shape index (κ1) is 56.2. The molecular weight excluding hydrogens is 869 g/mol. The second-order valence-electron chi connectivity index (χ2n) is 20.1. The van der Waals surface area contributed by atoms with Gasteiger partial charge >= 0.3 is 0 Å². The lowest BCUT2D eigenvalue weighted by Gasteiger charge is -2.14. The van der Waals surface area contributed by atoms with Crippen LogP contribution >= 0.6 is 0 Å². The van der Waals surface area contributed by atoms with E-state index in [1.165, 1.54) is 128 Å². The molecule has 5 aromatic rings. The molecule has 2 heterocycles. The van der Waals surface area contributed by atoms with Gasteiger partial charge < -0.3 is 27.8 Å². The zero-order valence-corrected chi connectivity index (χ0v) is 45.1. The SMILES string of the molecule is CCCCCCCCOc1ccc(OCCCCCCCC)c(-c2oc(-c3ccc(-c4nc(C(C)C)c(-c5cc(OCCCCCCCC)ccc5OCCCCCCCC)o4)cc3)nc2C(C)C)c1. The molecule has 386 valence electrons. The van der Waals surface area contributed by atoms with E-state index in [1.807, 2.05) is 24.3 Å². The fourth-order valence-electron chi connectivity index (χ4n) is 8.91. The van der Waals surface area contributed by atoms with Gasteiger partial charge in [0.2, 0.25) is 11.8 Å². The van der Waals surface area contributed by atoms with Gasteiger partial charge in [0.1, 0.15) is 23.0 Å². The molecule has 0 aliphatic rings. The van der Waals surface area contributed by atoms with Crippen LogP contribution in [0.25, 0.3) is 45.6 Å². The Balaban J connectivity index is 1.39.